The second kappa shape index (κ2) is 12.7. The van der Waals surface area contributed by atoms with Gasteiger partial charge in [-0.1, -0.05) is 67.9 Å². The molecule has 1 aromatic heterocycles. The molecular weight excluding hydrogens is 516 g/mol. The number of pyridine rings is 1. The van der Waals surface area contributed by atoms with Gasteiger partial charge < -0.3 is 4.90 Å². The standard InChI is InChI=1S/C38H42N2O2/c1-26-21-33(40-20-4-3-10-36(40)27(26)2)16-14-30-18-19-39-35(24-30)37(41)11-6-8-29-15-17-34-32(22-29)23-31(25-38(34)42)9-5-7-28-12-13-28/h3-4,10,15,18-22,24,26,28,31,34H,5-9,11-13,17,23,25H2,1-2H3. The summed E-state index contributed by atoms with van der Waals surface area (Å²) in [6.07, 6.45) is 28.1. The highest BCUT2D eigenvalue weighted by Gasteiger charge is 2.33. The Balaban J connectivity index is 1.02. The van der Waals surface area contributed by atoms with Crippen molar-refractivity contribution in [3.63, 3.8) is 0 Å². The lowest BCUT2D eigenvalue weighted by Gasteiger charge is -2.32. The van der Waals surface area contributed by atoms with Crippen molar-refractivity contribution >= 4 is 11.6 Å². The Kier molecular flexibility index (Phi) is 8.56. The van der Waals surface area contributed by atoms with E-state index in [0.717, 1.165) is 49.3 Å². The number of rotatable bonds is 9. The Morgan fingerprint density at radius 2 is 1.95 bits per heavy atom. The van der Waals surface area contributed by atoms with Gasteiger partial charge in [-0.05, 0) is 98.6 Å². The molecule has 216 valence electrons. The minimum absolute atomic E-state index is 0.0552. The number of carbonyl (C=O) groups is 2. The Morgan fingerprint density at radius 1 is 1.10 bits per heavy atom. The molecule has 0 bridgehead atoms. The zero-order valence-electron chi connectivity index (χ0n) is 25.1. The van der Waals surface area contributed by atoms with Crippen LogP contribution in [0.2, 0.25) is 0 Å². The van der Waals surface area contributed by atoms with Gasteiger partial charge in [-0.25, -0.2) is 0 Å². The van der Waals surface area contributed by atoms with Crippen LogP contribution in [0.1, 0.15) is 101 Å². The van der Waals surface area contributed by atoms with Crippen molar-refractivity contribution < 1.29 is 9.59 Å². The first-order valence-electron chi connectivity index (χ1n) is 15.9. The average Bonchev–Trinajstić information content (AvgIpc) is 3.83. The molecule has 3 unspecified atom stereocenters. The average molecular weight is 559 g/mol. The molecule has 2 fully saturated rings. The molecule has 4 nitrogen and oxygen atoms in total. The minimum Gasteiger partial charge on any atom is -0.310 e. The molecule has 6 rings (SSSR count). The number of aromatic nitrogens is 1. The fraction of sp³-hybridized carbons (Fsp3) is 0.447. The second-order valence-corrected chi connectivity index (χ2v) is 12.8. The van der Waals surface area contributed by atoms with Crippen LogP contribution in [0.15, 0.2) is 89.1 Å². The van der Waals surface area contributed by atoms with Crippen LogP contribution in [0.5, 0.6) is 0 Å². The number of hydrogen-bond acceptors (Lipinski definition) is 4. The monoisotopic (exact) mass is 558 g/mol. The number of nitrogens with zero attached hydrogens (tertiary/aromatic N) is 2. The summed E-state index contributed by atoms with van der Waals surface area (Å²) < 4.78 is 0. The number of allylic oxidation sites excluding steroid dienone is 10. The maximum atomic E-state index is 13.0. The van der Waals surface area contributed by atoms with Crippen molar-refractivity contribution in [1.29, 1.82) is 0 Å². The number of carbonyl (C=O) groups excluding carboxylic acids is 2. The van der Waals surface area contributed by atoms with Crippen molar-refractivity contribution in [3.05, 3.63) is 100 Å². The van der Waals surface area contributed by atoms with Crippen molar-refractivity contribution in [1.82, 2.24) is 9.88 Å². The molecule has 0 radical (unpaired) electrons. The fourth-order valence-electron chi connectivity index (χ4n) is 6.80. The Bertz CT molecular complexity index is 1500. The highest BCUT2D eigenvalue weighted by molar-refractivity contribution is 5.94. The molecular formula is C38H42N2O2. The third-order valence-corrected chi connectivity index (χ3v) is 9.62. The molecule has 0 N–H and O–H groups in total. The zero-order chi connectivity index (χ0) is 29.1. The van der Waals surface area contributed by atoms with Crippen LogP contribution < -0.4 is 0 Å². The predicted octanol–water partition coefficient (Wildman–Crippen LogP) is 8.41. The molecule has 42 heavy (non-hydrogen) atoms. The van der Waals surface area contributed by atoms with Crippen molar-refractivity contribution in [2.75, 3.05) is 0 Å². The molecule has 3 heterocycles. The SMILES string of the molecule is CC1=C2C=CC=CN2C(C#Cc2ccnc(C(=O)CCCC3=CCC4C(=O)CC(CCCC5CC5)CC4=C3)c2)=CC1C. The van der Waals surface area contributed by atoms with Gasteiger partial charge in [-0.15, -0.1) is 0 Å². The lowest BCUT2D eigenvalue weighted by Crippen LogP contribution is -2.28. The van der Waals surface area contributed by atoms with E-state index in [9.17, 15) is 9.59 Å². The minimum atomic E-state index is 0.0552. The van der Waals surface area contributed by atoms with E-state index in [2.05, 4.69) is 66.0 Å². The number of hydrogen-bond donors (Lipinski definition) is 0. The molecule has 0 amide bonds. The van der Waals surface area contributed by atoms with Gasteiger partial charge in [0, 0.05) is 42.4 Å². The van der Waals surface area contributed by atoms with Crippen molar-refractivity contribution in [2.24, 2.45) is 23.7 Å². The molecule has 2 aliphatic heterocycles. The summed E-state index contributed by atoms with van der Waals surface area (Å²) >= 11 is 0. The van der Waals surface area contributed by atoms with Gasteiger partial charge in [0.05, 0.1) is 5.70 Å². The van der Waals surface area contributed by atoms with Crippen LogP contribution >= 0.6 is 0 Å². The van der Waals surface area contributed by atoms with Gasteiger partial charge in [0.1, 0.15) is 11.5 Å². The molecule has 1 aromatic rings. The molecule has 3 atom stereocenters. The molecule has 3 aliphatic carbocycles. The maximum absolute atomic E-state index is 13.0. The van der Waals surface area contributed by atoms with Gasteiger partial charge in [0.25, 0.3) is 0 Å². The Hall–Kier alpha value is -3.71. The van der Waals surface area contributed by atoms with E-state index in [-0.39, 0.29) is 11.7 Å². The van der Waals surface area contributed by atoms with Crippen molar-refractivity contribution in [3.8, 4) is 11.8 Å². The van der Waals surface area contributed by atoms with Gasteiger partial charge >= 0.3 is 0 Å². The van der Waals surface area contributed by atoms with E-state index in [1.54, 1.807) is 6.20 Å². The van der Waals surface area contributed by atoms with Crippen LogP contribution in [-0.2, 0) is 4.79 Å². The van der Waals surface area contributed by atoms with E-state index >= 15 is 0 Å². The number of fused-ring (bicyclic) bond motifs is 2. The maximum Gasteiger partial charge on any atom is 0.181 e. The second-order valence-electron chi connectivity index (χ2n) is 12.8. The number of ketones is 2. The van der Waals surface area contributed by atoms with E-state index in [1.165, 1.54) is 54.5 Å². The highest BCUT2D eigenvalue weighted by atomic mass is 16.1. The first-order chi connectivity index (χ1) is 20.4. The van der Waals surface area contributed by atoms with Crippen LogP contribution in [0, 0.1) is 35.5 Å². The van der Waals surface area contributed by atoms with Gasteiger partial charge in [-0.2, -0.15) is 0 Å². The summed E-state index contributed by atoms with van der Waals surface area (Å²) in [5.74, 6) is 9.00. The van der Waals surface area contributed by atoms with Gasteiger partial charge in [-0.3, -0.25) is 14.6 Å². The quantitative estimate of drug-likeness (QED) is 0.226. The van der Waals surface area contributed by atoms with E-state index < -0.39 is 0 Å². The topological polar surface area (TPSA) is 50.3 Å². The summed E-state index contributed by atoms with van der Waals surface area (Å²) in [7, 11) is 0. The van der Waals surface area contributed by atoms with E-state index in [1.807, 2.05) is 24.4 Å². The third-order valence-electron chi connectivity index (χ3n) is 9.62. The molecule has 0 spiro atoms. The molecule has 4 heteroatoms. The zero-order valence-corrected chi connectivity index (χ0v) is 25.1. The first-order valence-corrected chi connectivity index (χ1v) is 15.9. The van der Waals surface area contributed by atoms with E-state index in [4.69, 9.17) is 0 Å². The molecule has 2 saturated carbocycles. The summed E-state index contributed by atoms with van der Waals surface area (Å²) in [5.41, 5.74) is 7.37. The third kappa shape index (κ3) is 6.67. The lowest BCUT2D eigenvalue weighted by molar-refractivity contribution is -0.124. The number of Topliss-reactive ketones (excluding diaryl/α,β-unsaturated/α-hetero) is 2. The largest absolute Gasteiger partial charge is 0.310 e. The highest BCUT2D eigenvalue weighted by Crippen LogP contribution is 2.41. The predicted molar refractivity (Wildman–Crippen MR) is 168 cm³/mol. The van der Waals surface area contributed by atoms with E-state index in [0.29, 0.717) is 29.7 Å². The molecule has 5 aliphatic rings. The Morgan fingerprint density at radius 3 is 2.81 bits per heavy atom. The molecule has 0 aromatic carbocycles. The Labute approximate surface area is 251 Å². The van der Waals surface area contributed by atoms with Crippen LogP contribution in [0.3, 0.4) is 0 Å². The van der Waals surface area contributed by atoms with Crippen LogP contribution in [0.4, 0.5) is 0 Å². The first kappa shape index (κ1) is 28.4. The smallest absolute Gasteiger partial charge is 0.181 e. The van der Waals surface area contributed by atoms with Gasteiger partial charge in [0.15, 0.2) is 5.78 Å². The normalized spacial score (nSPS) is 24.7. The summed E-state index contributed by atoms with van der Waals surface area (Å²) in [6.45, 7) is 4.36. The van der Waals surface area contributed by atoms with Crippen LogP contribution in [0.25, 0.3) is 0 Å². The fourth-order valence-corrected chi connectivity index (χ4v) is 6.80. The van der Waals surface area contributed by atoms with Crippen LogP contribution in [-0.4, -0.2) is 21.5 Å². The van der Waals surface area contributed by atoms with Gasteiger partial charge in [0.2, 0.25) is 0 Å². The summed E-state index contributed by atoms with van der Waals surface area (Å²) in [6, 6.07) is 3.68. The van der Waals surface area contributed by atoms with Crippen molar-refractivity contribution in [2.45, 2.75) is 84.5 Å². The summed E-state index contributed by atoms with van der Waals surface area (Å²) in [5, 5.41) is 0. The summed E-state index contributed by atoms with van der Waals surface area (Å²) in [4.78, 5) is 32.4. The molecule has 0 saturated heterocycles. The lowest BCUT2D eigenvalue weighted by atomic mass is 9.71.